The Bertz CT molecular complexity index is 1960. The number of rotatable bonds is 6. The van der Waals surface area contributed by atoms with E-state index in [1.165, 1.54) is 7.11 Å². The summed E-state index contributed by atoms with van der Waals surface area (Å²) in [5.74, 6) is -3.34. The average molecular weight is 615 g/mol. The number of aromatic nitrogens is 1. The zero-order valence-corrected chi connectivity index (χ0v) is 28.8. The van der Waals surface area contributed by atoms with Crippen LogP contribution in [-0.2, 0) is 14.3 Å². The van der Waals surface area contributed by atoms with E-state index in [0.717, 1.165) is 57.1 Å². The maximum absolute atomic E-state index is 13.2. The summed E-state index contributed by atoms with van der Waals surface area (Å²) < 4.78 is 5.15. The Morgan fingerprint density at radius 2 is 1.76 bits per heavy atom. The third-order valence-corrected chi connectivity index (χ3v) is 9.44. The third-order valence-electron chi connectivity index (χ3n) is 9.44. The van der Waals surface area contributed by atoms with E-state index in [2.05, 4.69) is 20.4 Å². The summed E-state index contributed by atoms with van der Waals surface area (Å²) in [4.78, 5) is 45.0. The van der Waals surface area contributed by atoms with E-state index in [0.29, 0.717) is 39.7 Å². The maximum Gasteiger partial charge on any atom is 1.00 e. The number of carbonyl (C=O) groups excluding carboxylic acids is 1. The minimum absolute atomic E-state index is 0. The van der Waals surface area contributed by atoms with E-state index < -0.39 is 17.9 Å². The molecule has 8 bridgehead atoms. The van der Waals surface area contributed by atoms with Crippen molar-refractivity contribution in [1.82, 2.24) is 4.98 Å². The summed E-state index contributed by atoms with van der Waals surface area (Å²) in [7, 11) is 1.28. The van der Waals surface area contributed by atoms with Crippen LogP contribution in [-0.4, -0.2) is 46.4 Å². The molecule has 2 N–H and O–H groups in total. The Hall–Kier alpha value is -3.79. The molecule has 5 heterocycles. The van der Waals surface area contributed by atoms with Gasteiger partial charge in [-0.3, -0.25) is 14.6 Å². The van der Waals surface area contributed by atoms with Crippen molar-refractivity contribution in [2.45, 2.75) is 53.9 Å². The van der Waals surface area contributed by atoms with Gasteiger partial charge in [-0.15, -0.1) is 11.0 Å². The Morgan fingerprint density at radius 3 is 2.40 bits per heavy atom. The second kappa shape index (κ2) is 12.2. The van der Waals surface area contributed by atoms with Gasteiger partial charge in [0.2, 0.25) is 0 Å². The van der Waals surface area contributed by atoms with Crippen LogP contribution in [0.1, 0.15) is 58.2 Å². The number of ether oxygens (including phenoxy) is 1. The van der Waals surface area contributed by atoms with Crippen molar-refractivity contribution < 1.29 is 54.1 Å². The van der Waals surface area contributed by atoms with Crippen LogP contribution in [0.3, 0.4) is 0 Å². The first-order valence-corrected chi connectivity index (χ1v) is 14.9. The van der Waals surface area contributed by atoms with Gasteiger partial charge in [0, 0.05) is 40.5 Å². The standard InChI is InChI=1S/C35H36N4O5.Na/c1-8-19-15(3)22-12-24-17(5)21(10-11-28(40)41)32(38-24)30-31(35(43)44-7)34(42)29-18(6)25(39-33(29)30)14-27-20(9-2)16(4)23(37-27)13-26(19)36-22;/h8,12-14,17,21,31H,1,9-11H2,2-7H3,(H3,36,37,38,39,40,41,42);/q;+1/p-1/t17-,21-,31+;/m0./s1. The Kier molecular flexibility index (Phi) is 8.83. The van der Waals surface area contributed by atoms with Crippen molar-refractivity contribution >= 4 is 46.5 Å². The monoisotopic (exact) mass is 614 g/mol. The van der Waals surface area contributed by atoms with Crippen molar-refractivity contribution in [3.05, 3.63) is 86.0 Å². The summed E-state index contributed by atoms with van der Waals surface area (Å²) in [5.41, 5.74) is 10.1. The number of fused-ring (bicyclic) bond motifs is 5. The van der Waals surface area contributed by atoms with E-state index in [1.54, 1.807) is 6.08 Å². The molecule has 0 radical (unpaired) electrons. The Balaban J connectivity index is 0.00000400. The number of methoxy groups -OCH3 is 1. The summed E-state index contributed by atoms with van der Waals surface area (Å²) >= 11 is 0. The fourth-order valence-corrected chi connectivity index (χ4v) is 6.95. The number of esters is 1. The number of allylic oxidation sites excluding steroid dienone is 7. The molecule has 3 atom stereocenters. The quantitative estimate of drug-likeness (QED) is 0.368. The molecular weight excluding hydrogens is 579 g/mol. The second-order valence-corrected chi connectivity index (χ2v) is 11.7. The number of aliphatic carboxylic acids is 1. The normalized spacial score (nSPS) is 23.3. The van der Waals surface area contributed by atoms with Crippen LogP contribution in [0.15, 0.2) is 79.2 Å². The van der Waals surface area contributed by atoms with Crippen molar-refractivity contribution in [2.75, 3.05) is 7.11 Å². The van der Waals surface area contributed by atoms with Crippen molar-refractivity contribution in [2.24, 2.45) is 32.7 Å². The van der Waals surface area contributed by atoms with Gasteiger partial charge in [-0.1, -0.05) is 38.1 Å². The van der Waals surface area contributed by atoms with E-state index in [-0.39, 0.29) is 53.6 Å². The number of hydrogen-bond donors (Lipinski definition) is 2. The first kappa shape index (κ1) is 32.6. The first-order chi connectivity index (χ1) is 21.0. The van der Waals surface area contributed by atoms with Crippen LogP contribution >= 0.6 is 0 Å². The Morgan fingerprint density at radius 1 is 1.07 bits per heavy atom. The van der Waals surface area contributed by atoms with Gasteiger partial charge in [0.25, 0.3) is 0 Å². The molecule has 0 saturated heterocycles. The molecule has 5 aliphatic rings. The summed E-state index contributed by atoms with van der Waals surface area (Å²) in [6.45, 7) is 14.1. The number of aliphatic hydroxyl groups is 1. The smallest absolute Gasteiger partial charge is 0.657 e. The first-order valence-electron chi connectivity index (χ1n) is 14.9. The minimum atomic E-state index is -1.12. The van der Waals surface area contributed by atoms with Gasteiger partial charge in [0.15, 0.2) is 0 Å². The van der Waals surface area contributed by atoms with E-state index in [9.17, 15) is 19.8 Å². The topological polar surface area (TPSA) is 135 Å². The zero-order chi connectivity index (χ0) is 31.6. The summed E-state index contributed by atoms with van der Waals surface area (Å²) in [5, 5.41) is 22.1. The van der Waals surface area contributed by atoms with Gasteiger partial charge in [-0.25, -0.2) is 9.98 Å². The molecule has 0 fully saturated rings. The van der Waals surface area contributed by atoms with Crippen molar-refractivity contribution in [1.29, 1.82) is 0 Å². The molecule has 4 aliphatic heterocycles. The third kappa shape index (κ3) is 5.11. The maximum atomic E-state index is 13.2. The van der Waals surface area contributed by atoms with Crippen molar-refractivity contribution in [3.63, 3.8) is 0 Å². The molecule has 0 saturated carbocycles. The minimum Gasteiger partial charge on any atom is -0.657 e. The van der Waals surface area contributed by atoms with E-state index in [1.807, 2.05) is 39.0 Å². The molecule has 1 aromatic rings. The zero-order valence-electron chi connectivity index (χ0n) is 26.8. The van der Waals surface area contributed by atoms with Gasteiger partial charge in [-0.05, 0) is 68.1 Å². The van der Waals surface area contributed by atoms with Gasteiger partial charge in [0.1, 0.15) is 11.7 Å². The number of carboxylic acids is 1. The van der Waals surface area contributed by atoms with Crippen LogP contribution < -0.4 is 45.1 Å². The number of aliphatic imine (C=N–C) groups is 3. The van der Waals surface area contributed by atoms with Gasteiger partial charge < -0.3 is 19.9 Å². The van der Waals surface area contributed by atoms with Crippen LogP contribution in [0.4, 0.5) is 0 Å². The molecule has 226 valence electrons. The molecule has 45 heavy (non-hydrogen) atoms. The van der Waals surface area contributed by atoms with Crippen LogP contribution in [0.5, 0.6) is 0 Å². The van der Waals surface area contributed by atoms with Crippen LogP contribution in [0, 0.1) is 24.7 Å². The van der Waals surface area contributed by atoms with Crippen LogP contribution in [0.2, 0.25) is 0 Å². The molecule has 1 aliphatic carbocycles. The fourth-order valence-electron chi connectivity index (χ4n) is 6.95. The van der Waals surface area contributed by atoms with Crippen LogP contribution in [0.25, 0.3) is 17.4 Å². The molecule has 0 aromatic carbocycles. The molecule has 0 unspecified atom stereocenters. The van der Waals surface area contributed by atoms with Gasteiger partial charge in [0.05, 0.1) is 29.9 Å². The predicted octanol–water partition coefficient (Wildman–Crippen LogP) is 1.41. The molecule has 0 spiro atoms. The Labute approximate surface area is 284 Å². The second-order valence-electron chi connectivity index (χ2n) is 11.7. The summed E-state index contributed by atoms with van der Waals surface area (Å²) in [6, 6.07) is 0. The molecule has 9 nitrogen and oxygen atoms in total. The molecule has 10 heteroatoms. The average Bonchev–Trinajstić information content (AvgIpc) is 3.72. The van der Waals surface area contributed by atoms with Crippen molar-refractivity contribution in [3.8, 4) is 0 Å². The molecular formula is C35H35N4NaO5. The number of carboxylic acid groups (broad SMARTS) is 1. The fraction of sp³-hybridized carbons (Fsp3) is 0.343. The largest absolute Gasteiger partial charge is 1.00 e. The number of aliphatic hydroxyl groups excluding tert-OH is 1. The SMILES string of the molecule is C=CC1=C(C)C2=NC1=CC1=NC(=Cc3[n-]c4c(c3C)=C(O)[C@H](C(=O)OC)C=4C3=NC(=C2)[C@@H](C)[C@@H]3CCC(=O)O)C(CC)=C1C.[Na+]. The number of carbonyl (C=O) groups is 2. The molecule has 1 aromatic heterocycles. The molecule has 0 amide bonds. The summed E-state index contributed by atoms with van der Waals surface area (Å²) in [6.07, 6.45) is 8.62. The number of hydrogen-bond acceptors (Lipinski definition) is 7. The predicted molar refractivity (Wildman–Crippen MR) is 171 cm³/mol. The number of nitrogens with zero attached hydrogens (tertiary/aromatic N) is 4. The van der Waals surface area contributed by atoms with Gasteiger partial charge >= 0.3 is 41.5 Å². The van der Waals surface area contributed by atoms with E-state index >= 15 is 0 Å². The van der Waals surface area contributed by atoms with E-state index in [4.69, 9.17) is 24.7 Å². The molecule has 6 rings (SSSR count). The van der Waals surface area contributed by atoms with Gasteiger partial charge in [-0.2, -0.15) is 0 Å².